The fourth-order valence-electron chi connectivity index (χ4n) is 6.20. The van der Waals surface area contributed by atoms with E-state index in [1.54, 1.807) is 11.9 Å². The van der Waals surface area contributed by atoms with Gasteiger partial charge >= 0.3 is 0 Å². The molecule has 2 N–H and O–H groups in total. The van der Waals surface area contributed by atoms with Crippen LogP contribution in [0.25, 0.3) is 11.3 Å². The average Bonchev–Trinajstić information content (AvgIpc) is 3.39. The second kappa shape index (κ2) is 14.3. The number of fused-ring (bicyclic) bond motifs is 1. The fraction of sp³-hybridized carbons (Fsp3) is 0.231. The van der Waals surface area contributed by atoms with Crippen LogP contribution in [0.1, 0.15) is 55.6 Å². The molecule has 0 bridgehead atoms. The zero-order valence-electron chi connectivity index (χ0n) is 27.3. The molecule has 0 fully saturated rings. The molecule has 1 aliphatic rings. The van der Waals surface area contributed by atoms with Gasteiger partial charge in [-0.1, -0.05) is 60.7 Å². The molecule has 0 aliphatic carbocycles. The van der Waals surface area contributed by atoms with E-state index in [0.29, 0.717) is 30.8 Å². The smallest absolute Gasteiger partial charge is 0.259 e. The number of carbonyl (C=O) groups excluding carboxylic acids is 2. The van der Waals surface area contributed by atoms with Crippen molar-refractivity contribution in [3.63, 3.8) is 0 Å². The molecule has 1 aliphatic heterocycles. The van der Waals surface area contributed by atoms with Crippen molar-refractivity contribution in [1.29, 1.82) is 0 Å². The van der Waals surface area contributed by atoms with Gasteiger partial charge in [0, 0.05) is 61.4 Å². The lowest BCUT2D eigenvalue weighted by Gasteiger charge is -2.35. The Morgan fingerprint density at radius 3 is 2.26 bits per heavy atom. The van der Waals surface area contributed by atoms with Crippen LogP contribution in [0.5, 0.6) is 5.75 Å². The number of amides is 2. The molecular weight excluding hydrogens is 608 g/mol. The van der Waals surface area contributed by atoms with Crippen molar-refractivity contribution in [2.24, 2.45) is 12.8 Å². The number of ether oxygens (including phenoxy) is 1. The highest BCUT2D eigenvalue weighted by Gasteiger charge is 2.30. The predicted molar refractivity (Wildman–Crippen MR) is 190 cm³/mol. The Labute approximate surface area is 283 Å². The first-order valence-corrected chi connectivity index (χ1v) is 15.7. The summed E-state index contributed by atoms with van der Waals surface area (Å²) in [5.41, 5.74) is 14.8. The molecule has 0 radical (unpaired) electrons. The third-order valence-electron chi connectivity index (χ3n) is 9.14. The lowest BCUT2D eigenvalue weighted by molar-refractivity contribution is 0.0659. The molecule has 0 spiro atoms. The Morgan fingerprint density at radius 2 is 1.55 bits per heavy atom. The maximum absolute atomic E-state index is 14.2. The minimum absolute atomic E-state index is 0. The van der Waals surface area contributed by atoms with Crippen LogP contribution in [0, 0.1) is 6.92 Å². The summed E-state index contributed by atoms with van der Waals surface area (Å²) in [6.07, 6.45) is 0.812. The number of rotatable bonds is 8. The molecule has 0 saturated carbocycles. The number of anilines is 1. The van der Waals surface area contributed by atoms with Gasteiger partial charge in [0.2, 0.25) is 0 Å². The number of nitrogens with zero attached hydrogens (tertiary/aromatic N) is 3. The SMILES string of the molecule is Cc1c(C(=O)N(C)c2ccc(OCc3ccccc3)cc2)cc(-c2cc(CN)ccc2C(=O)N2Cc3ccccc3C[C@H]2C)n1C.Cl. The summed E-state index contributed by atoms with van der Waals surface area (Å²) < 4.78 is 7.92. The van der Waals surface area contributed by atoms with Crippen molar-refractivity contribution < 1.29 is 14.3 Å². The number of benzene rings is 4. The van der Waals surface area contributed by atoms with Crippen molar-refractivity contribution in [3.05, 3.63) is 142 Å². The summed E-state index contributed by atoms with van der Waals surface area (Å²) in [4.78, 5) is 31.7. The molecule has 4 aromatic carbocycles. The van der Waals surface area contributed by atoms with Crippen LogP contribution in [0.4, 0.5) is 5.69 Å². The quantitative estimate of drug-likeness (QED) is 0.191. The highest BCUT2D eigenvalue weighted by atomic mass is 35.5. The molecule has 5 aromatic rings. The van der Waals surface area contributed by atoms with Crippen LogP contribution in [0.2, 0.25) is 0 Å². The van der Waals surface area contributed by atoms with E-state index in [0.717, 1.165) is 45.9 Å². The highest BCUT2D eigenvalue weighted by Crippen LogP contribution is 2.33. The van der Waals surface area contributed by atoms with E-state index in [2.05, 4.69) is 25.1 Å². The number of carbonyl (C=O) groups is 2. The van der Waals surface area contributed by atoms with Crippen LogP contribution >= 0.6 is 12.4 Å². The number of hydrogen-bond acceptors (Lipinski definition) is 4. The van der Waals surface area contributed by atoms with Crippen LogP contribution < -0.4 is 15.4 Å². The van der Waals surface area contributed by atoms with Crippen molar-refractivity contribution in [2.75, 3.05) is 11.9 Å². The maximum Gasteiger partial charge on any atom is 0.259 e. The first-order valence-electron chi connectivity index (χ1n) is 15.7. The van der Waals surface area contributed by atoms with E-state index in [1.165, 1.54) is 11.1 Å². The molecule has 242 valence electrons. The van der Waals surface area contributed by atoms with Crippen molar-refractivity contribution in [2.45, 2.75) is 46.0 Å². The van der Waals surface area contributed by atoms with Gasteiger partial charge in [0.25, 0.3) is 11.8 Å². The molecule has 1 atom stereocenters. The van der Waals surface area contributed by atoms with E-state index in [-0.39, 0.29) is 30.3 Å². The zero-order valence-corrected chi connectivity index (χ0v) is 28.1. The Morgan fingerprint density at radius 1 is 0.872 bits per heavy atom. The van der Waals surface area contributed by atoms with Gasteiger partial charge in [0.05, 0.1) is 5.56 Å². The fourth-order valence-corrected chi connectivity index (χ4v) is 6.20. The van der Waals surface area contributed by atoms with Gasteiger partial charge in [-0.25, -0.2) is 0 Å². The second-order valence-electron chi connectivity index (χ2n) is 12.1. The Bertz CT molecular complexity index is 1880. The molecule has 47 heavy (non-hydrogen) atoms. The number of hydrogen-bond donors (Lipinski definition) is 1. The lowest BCUT2D eigenvalue weighted by Crippen LogP contribution is -2.42. The third kappa shape index (κ3) is 6.82. The minimum atomic E-state index is -0.138. The Hall–Kier alpha value is -4.85. The zero-order chi connectivity index (χ0) is 32.4. The topological polar surface area (TPSA) is 80.8 Å². The molecule has 2 amide bonds. The summed E-state index contributed by atoms with van der Waals surface area (Å²) in [6.45, 7) is 5.41. The molecular formula is C39H41ClN4O3. The van der Waals surface area contributed by atoms with Crippen molar-refractivity contribution in [3.8, 4) is 17.0 Å². The summed E-state index contributed by atoms with van der Waals surface area (Å²) >= 11 is 0. The predicted octanol–water partition coefficient (Wildman–Crippen LogP) is 7.32. The molecule has 0 unspecified atom stereocenters. The Balaban J connectivity index is 0.00000433. The van der Waals surface area contributed by atoms with Crippen LogP contribution in [0.3, 0.4) is 0 Å². The van der Waals surface area contributed by atoms with Gasteiger partial charge in [-0.3, -0.25) is 9.59 Å². The van der Waals surface area contributed by atoms with Gasteiger partial charge in [-0.2, -0.15) is 0 Å². The lowest BCUT2D eigenvalue weighted by atomic mass is 9.93. The Kier molecular flexibility index (Phi) is 10.2. The third-order valence-corrected chi connectivity index (χ3v) is 9.14. The van der Waals surface area contributed by atoms with Gasteiger partial charge < -0.3 is 24.8 Å². The largest absolute Gasteiger partial charge is 0.489 e. The second-order valence-corrected chi connectivity index (χ2v) is 12.1. The number of nitrogens with two attached hydrogens (primary N) is 1. The van der Waals surface area contributed by atoms with Crippen LogP contribution in [-0.2, 0) is 33.2 Å². The monoisotopic (exact) mass is 648 g/mol. The van der Waals surface area contributed by atoms with E-state index < -0.39 is 0 Å². The molecule has 0 saturated heterocycles. The number of halogens is 1. The van der Waals surface area contributed by atoms with Crippen LogP contribution in [0.15, 0.2) is 103 Å². The highest BCUT2D eigenvalue weighted by molar-refractivity contribution is 6.08. The maximum atomic E-state index is 14.2. The van der Waals surface area contributed by atoms with Crippen LogP contribution in [-0.4, -0.2) is 34.4 Å². The molecule has 8 heteroatoms. The van der Waals surface area contributed by atoms with Gasteiger partial charge in [-0.05, 0) is 85.0 Å². The van der Waals surface area contributed by atoms with Crippen molar-refractivity contribution >= 4 is 29.9 Å². The molecule has 6 rings (SSSR count). The minimum Gasteiger partial charge on any atom is -0.489 e. The van der Waals surface area contributed by atoms with Gasteiger partial charge in [0.1, 0.15) is 12.4 Å². The summed E-state index contributed by atoms with van der Waals surface area (Å²) in [5, 5.41) is 0. The van der Waals surface area contributed by atoms with Gasteiger partial charge in [-0.15, -0.1) is 12.4 Å². The normalized spacial score (nSPS) is 13.8. The molecule has 2 heterocycles. The standard InChI is InChI=1S/C39H40N4O3.ClH/c1-26-20-30-12-8-9-13-31(30)24-43(26)39(45)34-19-14-29(23-40)21-36(34)37-22-35(27(2)41(37)3)38(44)42(4)32-15-17-33(18-16-32)46-25-28-10-6-5-7-11-28;/h5-19,21-22,26H,20,23-25,40H2,1-4H3;1H/t26-;/m1./s1. The average molecular weight is 649 g/mol. The summed E-state index contributed by atoms with van der Waals surface area (Å²) in [6, 6.07) is 33.6. The summed E-state index contributed by atoms with van der Waals surface area (Å²) in [5.74, 6) is 0.565. The van der Waals surface area contributed by atoms with E-state index in [9.17, 15) is 9.59 Å². The first-order chi connectivity index (χ1) is 22.2. The van der Waals surface area contributed by atoms with E-state index in [4.69, 9.17) is 10.5 Å². The van der Waals surface area contributed by atoms with Gasteiger partial charge in [0.15, 0.2) is 0 Å². The first kappa shape index (κ1) is 33.5. The van der Waals surface area contributed by atoms with E-state index >= 15 is 0 Å². The number of aromatic nitrogens is 1. The molecule has 1 aromatic heterocycles. The summed E-state index contributed by atoms with van der Waals surface area (Å²) in [7, 11) is 3.71. The van der Waals surface area contributed by atoms with Crippen molar-refractivity contribution in [1.82, 2.24) is 9.47 Å². The molecule has 7 nitrogen and oxygen atoms in total. The van der Waals surface area contributed by atoms with E-state index in [1.807, 2.05) is 108 Å².